The van der Waals surface area contributed by atoms with Crippen molar-refractivity contribution in [1.29, 1.82) is 0 Å². The van der Waals surface area contributed by atoms with Gasteiger partial charge in [-0.15, -0.1) is 15.3 Å². The van der Waals surface area contributed by atoms with E-state index in [1.54, 1.807) is 75.3 Å². The number of benzene rings is 3. The lowest BCUT2D eigenvalue weighted by atomic mass is 9.74. The predicted octanol–water partition coefficient (Wildman–Crippen LogP) is 6.07. The molecule has 17 atom stereocenters. The molecular weight excluding hydrogens is 1680 g/mol. The van der Waals surface area contributed by atoms with Gasteiger partial charge in [-0.1, -0.05) is 171 Å². The standard InChI is InChI=1S/C97H135N23O12/c1-16-56(2)83(121)106-80(95(5,6)7)92(130)115-53-68(47-77(115)89(127)103-74-35-23-29-59-26-17-20-32-71(59)74)118-50-65(109-112-118)38-41-100-86(124)62-44-63(87(125)101-42-39-66-51-119(113-110-66)69-48-78(90(128)104-75-36-24-30-60-27-18-21-33-72(60)75)116(54-69)93(131)81(96(8,9)10)107-84(122)57(3)98-14)46-64(45-62)88(126)102-43-40-67-52-120(114-111-67)70-49-79(91(129)105-76-37-25-31-61-28-19-22-34-73(61)76)117(55-70)94(132)82(97(11,12)13)108-85(123)58(4)99-15/h17-22,26-28,32-34,44-46,50-52,56-58,60,68-70,72,74-82,98-99H,16,23-25,29-31,35-43,47-49,53-55H2,1-15H3,(H,100,124)(H,101,125)(H,102,126)(H,103,127)(H,104,128)(H,105,129)(H,106,121)(H,107,122)(H,108,123)/t56-,57+,58+,60?,68+,69+,70+,72?,74-,75?,76-,77+,78+,79+,80-,81-,82-/m1/s1. The van der Waals surface area contributed by atoms with E-state index in [0.717, 1.165) is 80.0 Å². The molecule has 13 rings (SSSR count). The third kappa shape index (κ3) is 23.2. The van der Waals surface area contributed by atoms with Gasteiger partial charge in [-0.25, -0.2) is 14.0 Å². The Balaban J connectivity index is 0.711. The average Bonchev–Trinajstić information content (AvgIpc) is 1.64. The Morgan fingerprint density at radius 3 is 1.16 bits per heavy atom. The number of hydrogen-bond donors (Lipinski definition) is 11. The van der Waals surface area contributed by atoms with Gasteiger partial charge in [0.15, 0.2) is 0 Å². The highest BCUT2D eigenvalue weighted by Crippen LogP contribution is 2.40. The van der Waals surface area contributed by atoms with E-state index in [9.17, 15) is 43.2 Å². The molecular formula is C97H135N23O12. The second-order valence-electron chi connectivity index (χ2n) is 40.2. The van der Waals surface area contributed by atoms with Crippen LogP contribution in [0.2, 0.25) is 0 Å². The summed E-state index contributed by atoms with van der Waals surface area (Å²) >= 11 is 0. The maximum absolute atomic E-state index is 15.0. The zero-order valence-corrected chi connectivity index (χ0v) is 79.0. The maximum Gasteiger partial charge on any atom is 0.251 e. The van der Waals surface area contributed by atoms with Crippen molar-refractivity contribution in [3.63, 3.8) is 0 Å². The number of likely N-dealkylation sites (N-methyl/N-ethyl adjacent to an activating group) is 2. The minimum absolute atomic E-state index is 0.0106. The Kier molecular flexibility index (Phi) is 31.3. The van der Waals surface area contributed by atoms with Gasteiger partial charge in [0.25, 0.3) is 17.7 Å². The molecule has 6 heterocycles. The quantitative estimate of drug-likeness (QED) is 0.0222. The van der Waals surface area contributed by atoms with Crippen molar-refractivity contribution in [1.82, 2.24) is 118 Å². The van der Waals surface area contributed by atoms with Crippen molar-refractivity contribution >= 4 is 70.9 Å². The molecule has 0 bridgehead atoms. The number of aryl methyl sites for hydroxylation is 2. The van der Waals surface area contributed by atoms with Gasteiger partial charge in [0.1, 0.15) is 36.3 Å². The fourth-order valence-corrected chi connectivity index (χ4v) is 19.2. The summed E-state index contributed by atoms with van der Waals surface area (Å²) in [6.45, 7) is 24.2. The number of allylic oxidation sites excluding steroid dienone is 3. The zero-order chi connectivity index (χ0) is 94.8. The van der Waals surface area contributed by atoms with Crippen LogP contribution in [-0.4, -0.2) is 238 Å². The Hall–Kier alpha value is -11.9. The van der Waals surface area contributed by atoms with Crippen LogP contribution < -0.4 is 58.5 Å². The van der Waals surface area contributed by atoms with Crippen LogP contribution in [0.15, 0.2) is 110 Å². The van der Waals surface area contributed by atoms with Crippen molar-refractivity contribution in [2.45, 2.75) is 277 Å². The molecule has 0 radical (unpaired) electrons. The van der Waals surface area contributed by atoms with Gasteiger partial charge < -0.3 is 73.2 Å². The smallest absolute Gasteiger partial charge is 0.251 e. The van der Waals surface area contributed by atoms with Crippen LogP contribution in [0.1, 0.15) is 261 Å². The van der Waals surface area contributed by atoms with E-state index in [0.29, 0.717) is 23.5 Å². The lowest BCUT2D eigenvalue weighted by Crippen LogP contribution is -2.60. The number of likely N-dealkylation sites (tertiary alicyclic amines) is 3. The molecule has 4 aliphatic carbocycles. The van der Waals surface area contributed by atoms with E-state index in [4.69, 9.17) is 0 Å². The largest absolute Gasteiger partial charge is 0.352 e. The van der Waals surface area contributed by atoms with Crippen LogP contribution in [0, 0.1) is 34.0 Å². The highest BCUT2D eigenvalue weighted by molar-refractivity contribution is 6.05. The Morgan fingerprint density at radius 1 is 0.439 bits per heavy atom. The summed E-state index contributed by atoms with van der Waals surface area (Å²) in [6.07, 6.45) is 22.9. The highest BCUT2D eigenvalue weighted by atomic mass is 16.2. The van der Waals surface area contributed by atoms with Crippen molar-refractivity contribution in [3.8, 4) is 0 Å². The second kappa shape index (κ2) is 42.3. The van der Waals surface area contributed by atoms with Gasteiger partial charge in [0, 0.05) is 131 Å². The molecule has 6 aromatic rings. The van der Waals surface area contributed by atoms with E-state index in [-0.39, 0.29) is 166 Å². The summed E-state index contributed by atoms with van der Waals surface area (Å²) in [5, 5.41) is 60.5. The molecule has 7 aliphatic rings. The Bertz CT molecular complexity index is 5050. The summed E-state index contributed by atoms with van der Waals surface area (Å²) in [6, 6.07) is 11.1. The van der Waals surface area contributed by atoms with E-state index in [1.165, 1.54) is 18.2 Å². The van der Waals surface area contributed by atoms with E-state index < -0.39 is 118 Å². The van der Waals surface area contributed by atoms with Gasteiger partial charge in [0.05, 0.1) is 59.4 Å². The average molecular weight is 1820 g/mol. The number of carbonyl (C=O) groups excluding carboxylic acids is 12. The summed E-state index contributed by atoms with van der Waals surface area (Å²) in [7, 11) is 3.32. The number of nitrogens with one attached hydrogen (secondary N) is 11. The van der Waals surface area contributed by atoms with E-state index in [2.05, 4.69) is 114 Å². The third-order valence-electron chi connectivity index (χ3n) is 27.5. The second-order valence-corrected chi connectivity index (χ2v) is 40.2. The first-order valence-electron chi connectivity index (χ1n) is 47.2. The summed E-state index contributed by atoms with van der Waals surface area (Å²) in [5.41, 5.74) is 3.49. The number of fused-ring (bicyclic) bond motifs is 3. The number of rotatable bonds is 33. The Labute approximate surface area is 773 Å². The SMILES string of the molecule is CC[C@@H](C)C(=O)N[C@H](C(=O)N1C[C@@H](n2cc(CCNC(=O)c3cc(C(=O)NCCc4cn([C@H]5C[C@@H](C(=O)NC6CCCC7C=CC=CC76)N(C(=O)[C@@H](NC(=O)[C@H](C)NC)C(C)(C)C)C5)nn4)cc(C(=O)NCCc4cn([C@H]5C[C@@H](C(=O)N[C@@H]6CCCc7ccccc76)N(C(=O)[C@@H](NC(=O)[C@H](C)NC)C(C)(C)C)C5)nn4)c3)nn2)C[C@H]1C(=O)N[C@@H]1CCCc2ccccc21)C(C)(C)C. The number of nitrogens with zero attached hydrogens (tertiary/aromatic N) is 12. The molecule has 3 aromatic heterocycles. The molecule has 35 nitrogen and oxygen atoms in total. The molecule has 4 fully saturated rings. The third-order valence-corrected chi connectivity index (χ3v) is 27.5. The zero-order valence-electron chi connectivity index (χ0n) is 79.0. The molecule has 35 heteroatoms. The molecule has 710 valence electrons. The van der Waals surface area contributed by atoms with Crippen LogP contribution in [0.3, 0.4) is 0 Å². The fraction of sp³-hybridized carbons (Fsp3) is 0.588. The van der Waals surface area contributed by atoms with Gasteiger partial charge >= 0.3 is 0 Å². The lowest BCUT2D eigenvalue weighted by molar-refractivity contribution is -0.144. The minimum atomic E-state index is -0.999. The number of hydrogen-bond acceptors (Lipinski definition) is 20. The maximum atomic E-state index is 15.0. The predicted molar refractivity (Wildman–Crippen MR) is 494 cm³/mol. The molecule has 3 aliphatic heterocycles. The van der Waals surface area contributed by atoms with Crippen LogP contribution in [0.25, 0.3) is 0 Å². The number of aromatic nitrogens is 9. The molecule has 3 aromatic carbocycles. The van der Waals surface area contributed by atoms with Gasteiger partial charge in [-0.2, -0.15) is 0 Å². The molecule has 3 unspecified atom stereocenters. The minimum Gasteiger partial charge on any atom is -0.352 e. The molecule has 0 spiro atoms. The highest BCUT2D eigenvalue weighted by Gasteiger charge is 2.51. The first-order valence-corrected chi connectivity index (χ1v) is 47.2. The first kappa shape index (κ1) is 97.6. The van der Waals surface area contributed by atoms with Gasteiger partial charge in [0.2, 0.25) is 53.2 Å². The van der Waals surface area contributed by atoms with Crippen LogP contribution in [0.5, 0.6) is 0 Å². The van der Waals surface area contributed by atoms with Crippen molar-refractivity contribution in [2.24, 2.45) is 34.0 Å². The summed E-state index contributed by atoms with van der Waals surface area (Å²) in [4.78, 5) is 178. The van der Waals surface area contributed by atoms with Crippen molar-refractivity contribution in [2.75, 3.05) is 53.4 Å². The normalized spacial score (nSPS) is 23.1. The van der Waals surface area contributed by atoms with Gasteiger partial charge in [-0.3, -0.25) is 57.5 Å². The summed E-state index contributed by atoms with van der Waals surface area (Å²) < 4.78 is 4.89. The monoisotopic (exact) mass is 1810 g/mol. The fourth-order valence-electron chi connectivity index (χ4n) is 19.2. The lowest BCUT2D eigenvalue weighted by Gasteiger charge is -2.39. The summed E-state index contributed by atoms with van der Waals surface area (Å²) in [5.74, 6) is -5.02. The topological polar surface area (TPSA) is 439 Å². The molecule has 3 saturated heterocycles. The van der Waals surface area contributed by atoms with E-state index in [1.807, 2.05) is 125 Å². The van der Waals surface area contributed by atoms with Crippen LogP contribution >= 0.6 is 0 Å². The molecule has 12 amide bonds. The van der Waals surface area contributed by atoms with Crippen LogP contribution in [-0.2, 0) is 75.3 Å². The van der Waals surface area contributed by atoms with Crippen molar-refractivity contribution < 1.29 is 57.5 Å². The number of amides is 12. The Morgan fingerprint density at radius 2 is 0.795 bits per heavy atom. The van der Waals surface area contributed by atoms with Crippen molar-refractivity contribution in [3.05, 3.63) is 166 Å². The van der Waals surface area contributed by atoms with E-state index >= 15 is 14.4 Å². The first-order chi connectivity index (χ1) is 62.9. The molecule has 1 saturated carbocycles. The van der Waals surface area contributed by atoms with Gasteiger partial charge in [-0.05, 0) is 148 Å². The van der Waals surface area contributed by atoms with Crippen LogP contribution in [0.4, 0.5) is 0 Å². The number of carbonyl (C=O) groups is 12. The molecule has 11 N–H and O–H groups in total. The molecule has 132 heavy (non-hydrogen) atoms.